The summed E-state index contributed by atoms with van der Waals surface area (Å²) in [7, 11) is 4.73. The zero-order chi connectivity index (χ0) is 21.2. The van der Waals surface area contributed by atoms with Crippen LogP contribution in [0.4, 0.5) is 0 Å². The Morgan fingerprint density at radius 2 is 2.00 bits per heavy atom. The van der Waals surface area contributed by atoms with Gasteiger partial charge >= 0.3 is 5.97 Å². The van der Waals surface area contributed by atoms with Crippen LogP contribution in [0, 0.1) is 11.8 Å². The Kier molecular flexibility index (Phi) is 4.52. The molecule has 1 aromatic heterocycles. The number of aliphatic hydroxyl groups is 1. The number of methoxy groups -OCH3 is 3. The van der Waals surface area contributed by atoms with Gasteiger partial charge in [0, 0.05) is 41.2 Å². The van der Waals surface area contributed by atoms with Gasteiger partial charge in [0.1, 0.15) is 11.6 Å². The fourth-order valence-corrected chi connectivity index (χ4v) is 6.61. The van der Waals surface area contributed by atoms with Crippen LogP contribution in [0.3, 0.4) is 0 Å². The molecule has 6 rings (SSSR count). The highest BCUT2D eigenvalue weighted by Crippen LogP contribution is 2.57. The van der Waals surface area contributed by atoms with Gasteiger partial charge in [0.15, 0.2) is 11.5 Å². The van der Waals surface area contributed by atoms with E-state index < -0.39 is 11.6 Å². The van der Waals surface area contributed by atoms with E-state index in [9.17, 15) is 9.90 Å². The molecule has 3 fully saturated rings. The number of rotatable bonds is 4. The molecule has 2 saturated heterocycles. The number of nitrogens with zero attached hydrogens (tertiary/aromatic N) is 1. The molecule has 0 amide bonds. The summed E-state index contributed by atoms with van der Waals surface area (Å²) in [6.45, 7) is 2.89. The first-order valence-corrected chi connectivity index (χ1v) is 10.8. The van der Waals surface area contributed by atoms with E-state index in [4.69, 9.17) is 14.2 Å². The minimum absolute atomic E-state index is 0.0560. The Hall–Kier alpha value is -2.25. The Morgan fingerprint density at radius 3 is 2.67 bits per heavy atom. The number of nitrogens with one attached hydrogen (secondary N) is 1. The predicted molar refractivity (Wildman–Crippen MR) is 112 cm³/mol. The molecule has 162 valence electrons. The SMILES string of the molecule is CCC1CC2CC3(C(=O)OC)c4[nH]c5cc(OC)c(OC)cc5c4CCN(C2O)C13. The quantitative estimate of drug-likeness (QED) is 0.749. The van der Waals surface area contributed by atoms with Crippen molar-refractivity contribution in [2.24, 2.45) is 11.8 Å². The van der Waals surface area contributed by atoms with Crippen molar-refractivity contribution in [2.45, 2.75) is 50.3 Å². The number of ether oxygens (including phenoxy) is 3. The van der Waals surface area contributed by atoms with Crippen LogP contribution in [0.25, 0.3) is 10.9 Å². The fourth-order valence-electron chi connectivity index (χ4n) is 6.61. The van der Waals surface area contributed by atoms with Crippen LogP contribution in [0.5, 0.6) is 11.5 Å². The van der Waals surface area contributed by atoms with Crippen LogP contribution in [0.15, 0.2) is 12.1 Å². The van der Waals surface area contributed by atoms with E-state index in [0.29, 0.717) is 30.4 Å². The number of hydrogen-bond donors (Lipinski definition) is 2. The number of aliphatic hydroxyl groups excluding tert-OH is 1. The van der Waals surface area contributed by atoms with Crippen molar-refractivity contribution in [1.29, 1.82) is 0 Å². The molecule has 0 radical (unpaired) electrons. The number of piperidine rings is 2. The molecule has 6 atom stereocenters. The third-order valence-electron chi connectivity index (χ3n) is 7.81. The Labute approximate surface area is 176 Å². The number of aromatic nitrogens is 1. The molecule has 4 heterocycles. The smallest absolute Gasteiger partial charge is 0.319 e. The van der Waals surface area contributed by atoms with Gasteiger partial charge in [-0.2, -0.15) is 0 Å². The summed E-state index contributed by atoms with van der Waals surface area (Å²) in [5.74, 6) is 1.51. The lowest BCUT2D eigenvalue weighted by Crippen LogP contribution is -2.70. The van der Waals surface area contributed by atoms with E-state index in [2.05, 4.69) is 16.8 Å². The van der Waals surface area contributed by atoms with Gasteiger partial charge in [-0.3, -0.25) is 9.69 Å². The van der Waals surface area contributed by atoms with Crippen LogP contribution in [0.1, 0.15) is 37.4 Å². The summed E-state index contributed by atoms with van der Waals surface area (Å²) < 4.78 is 16.5. The standard InChI is InChI=1S/C23H30N2O5/c1-5-12-8-13-11-23(22(27)30-4)19-14(6-7-25(20(12)23)21(13)26)15-9-17(28-2)18(29-3)10-16(15)24-19/h9-10,12-13,20-21,24,26H,5-8,11H2,1-4H3. The Morgan fingerprint density at radius 1 is 1.27 bits per heavy atom. The molecular weight excluding hydrogens is 384 g/mol. The summed E-state index contributed by atoms with van der Waals surface area (Å²) in [6, 6.07) is 3.86. The van der Waals surface area contributed by atoms with Crippen LogP contribution in [-0.2, 0) is 21.4 Å². The highest BCUT2D eigenvalue weighted by Gasteiger charge is 2.65. The van der Waals surface area contributed by atoms with E-state index in [1.165, 1.54) is 7.11 Å². The van der Waals surface area contributed by atoms with Crippen molar-refractivity contribution < 1.29 is 24.1 Å². The van der Waals surface area contributed by atoms with E-state index in [1.54, 1.807) is 14.2 Å². The molecule has 1 aliphatic carbocycles. The first-order valence-electron chi connectivity index (χ1n) is 10.8. The Bertz CT molecular complexity index is 1000. The second-order valence-corrected chi connectivity index (χ2v) is 8.91. The zero-order valence-corrected chi connectivity index (χ0v) is 18.0. The minimum atomic E-state index is -0.803. The fraction of sp³-hybridized carbons (Fsp3) is 0.609. The molecule has 2 N–H and O–H groups in total. The molecule has 6 unspecified atom stereocenters. The van der Waals surface area contributed by atoms with Crippen LogP contribution in [0.2, 0.25) is 0 Å². The van der Waals surface area contributed by atoms with Crippen LogP contribution >= 0.6 is 0 Å². The zero-order valence-electron chi connectivity index (χ0n) is 18.0. The summed E-state index contributed by atoms with van der Waals surface area (Å²) in [4.78, 5) is 19.3. The lowest BCUT2D eigenvalue weighted by atomic mass is 9.56. The number of esters is 1. The maximum Gasteiger partial charge on any atom is 0.319 e. The van der Waals surface area contributed by atoms with Crippen LogP contribution < -0.4 is 9.47 Å². The number of carbonyl (C=O) groups excluding carboxylic acids is 1. The lowest BCUT2D eigenvalue weighted by Gasteiger charge is -2.59. The molecule has 1 aromatic carbocycles. The van der Waals surface area contributed by atoms with E-state index in [0.717, 1.165) is 41.4 Å². The van der Waals surface area contributed by atoms with E-state index in [-0.39, 0.29) is 17.9 Å². The molecule has 0 spiro atoms. The topological polar surface area (TPSA) is 84.0 Å². The van der Waals surface area contributed by atoms with Crippen molar-refractivity contribution in [3.8, 4) is 11.5 Å². The number of fused-ring (bicyclic) bond motifs is 4. The molecule has 30 heavy (non-hydrogen) atoms. The normalized spacial score (nSPS) is 34.4. The summed E-state index contributed by atoms with van der Waals surface area (Å²) in [5, 5.41) is 12.1. The highest BCUT2D eigenvalue weighted by atomic mass is 16.5. The second kappa shape index (κ2) is 6.89. The third kappa shape index (κ3) is 2.36. The van der Waals surface area contributed by atoms with Gasteiger partial charge in [0.2, 0.25) is 0 Å². The molecule has 7 heteroatoms. The summed E-state index contributed by atoms with van der Waals surface area (Å²) >= 11 is 0. The van der Waals surface area contributed by atoms with Gasteiger partial charge in [-0.1, -0.05) is 13.3 Å². The third-order valence-corrected chi connectivity index (χ3v) is 7.81. The number of aromatic amines is 1. The van der Waals surface area contributed by atoms with Gasteiger partial charge < -0.3 is 24.3 Å². The largest absolute Gasteiger partial charge is 0.493 e. The van der Waals surface area contributed by atoms with E-state index >= 15 is 0 Å². The number of carbonyl (C=O) groups is 1. The lowest BCUT2D eigenvalue weighted by molar-refractivity contribution is -0.196. The van der Waals surface area contributed by atoms with Crippen molar-refractivity contribution >= 4 is 16.9 Å². The molecule has 2 aromatic rings. The minimum Gasteiger partial charge on any atom is -0.493 e. The first kappa shape index (κ1) is 19.7. The molecule has 4 bridgehead atoms. The molecule has 7 nitrogen and oxygen atoms in total. The molecule has 4 aliphatic rings. The average Bonchev–Trinajstić information content (AvgIpc) is 3.08. The Balaban J connectivity index is 1.79. The number of benzene rings is 1. The van der Waals surface area contributed by atoms with Crippen molar-refractivity contribution in [3.05, 3.63) is 23.4 Å². The van der Waals surface area contributed by atoms with Gasteiger partial charge in [-0.05, 0) is 36.8 Å². The monoisotopic (exact) mass is 414 g/mol. The second-order valence-electron chi connectivity index (χ2n) is 8.91. The molecule has 3 aliphatic heterocycles. The van der Waals surface area contributed by atoms with Gasteiger partial charge in [0.05, 0.1) is 21.3 Å². The van der Waals surface area contributed by atoms with Crippen molar-refractivity contribution in [2.75, 3.05) is 27.9 Å². The van der Waals surface area contributed by atoms with Crippen molar-refractivity contribution in [3.63, 3.8) is 0 Å². The van der Waals surface area contributed by atoms with Crippen molar-refractivity contribution in [1.82, 2.24) is 9.88 Å². The van der Waals surface area contributed by atoms with Gasteiger partial charge in [0.25, 0.3) is 0 Å². The summed E-state index contributed by atoms with van der Waals surface area (Å²) in [6.07, 6.45) is 2.78. The number of H-pyrrole nitrogens is 1. The molecular formula is C23H30N2O5. The maximum absolute atomic E-state index is 13.5. The van der Waals surface area contributed by atoms with E-state index in [1.807, 2.05) is 12.1 Å². The number of hydrogen-bond acceptors (Lipinski definition) is 6. The average molecular weight is 415 g/mol. The summed E-state index contributed by atoms with van der Waals surface area (Å²) in [5.41, 5.74) is 2.20. The molecule has 1 saturated carbocycles. The maximum atomic E-state index is 13.5. The van der Waals surface area contributed by atoms with Crippen LogP contribution in [-0.4, -0.2) is 61.1 Å². The van der Waals surface area contributed by atoms with Gasteiger partial charge in [-0.15, -0.1) is 0 Å². The predicted octanol–water partition coefficient (Wildman–Crippen LogP) is 2.59. The van der Waals surface area contributed by atoms with Gasteiger partial charge in [-0.25, -0.2) is 0 Å². The highest BCUT2D eigenvalue weighted by molar-refractivity contribution is 5.93. The first-order chi connectivity index (χ1) is 14.5.